The van der Waals surface area contributed by atoms with Gasteiger partial charge in [-0.2, -0.15) is 0 Å². The third kappa shape index (κ3) is 3.62. The van der Waals surface area contributed by atoms with E-state index in [1.165, 1.54) is 18.4 Å². The van der Waals surface area contributed by atoms with Crippen LogP contribution in [0.15, 0.2) is 30.3 Å². The summed E-state index contributed by atoms with van der Waals surface area (Å²) in [5.74, 6) is 0.903. The normalized spacial score (nSPS) is 25.1. The lowest BCUT2D eigenvalue weighted by molar-refractivity contribution is -0.132. The zero-order valence-corrected chi connectivity index (χ0v) is 13.0. The summed E-state index contributed by atoms with van der Waals surface area (Å²) in [6.07, 6.45) is 4.50. The molecule has 0 heterocycles. The predicted molar refractivity (Wildman–Crippen MR) is 83.4 cm³/mol. The molecule has 0 bridgehead atoms. The van der Waals surface area contributed by atoms with Crippen molar-refractivity contribution in [2.45, 2.75) is 46.5 Å². The monoisotopic (exact) mass is 273 g/mol. The third-order valence-corrected chi connectivity index (χ3v) is 4.73. The molecule has 2 rings (SSSR count). The molecule has 20 heavy (non-hydrogen) atoms. The van der Waals surface area contributed by atoms with Gasteiger partial charge >= 0.3 is 0 Å². The highest BCUT2D eigenvalue weighted by Gasteiger charge is 2.41. The van der Waals surface area contributed by atoms with Gasteiger partial charge in [-0.1, -0.05) is 57.5 Å². The Bertz CT molecular complexity index is 438. The second-order valence-corrected chi connectivity index (χ2v) is 6.86. The van der Waals surface area contributed by atoms with E-state index in [9.17, 15) is 4.79 Å². The summed E-state index contributed by atoms with van der Waals surface area (Å²) >= 11 is 0. The van der Waals surface area contributed by atoms with Gasteiger partial charge in [-0.25, -0.2) is 0 Å². The fourth-order valence-electron chi connectivity index (χ4n) is 3.67. The summed E-state index contributed by atoms with van der Waals surface area (Å²) in [5, 5.41) is 3.15. The highest BCUT2D eigenvalue weighted by molar-refractivity contribution is 5.79. The molecule has 0 aliphatic heterocycles. The maximum atomic E-state index is 12.5. The Labute approximate surface area is 123 Å². The largest absolute Gasteiger partial charge is 0.356 e. The van der Waals surface area contributed by atoms with Crippen molar-refractivity contribution in [2.24, 2.45) is 17.3 Å². The van der Waals surface area contributed by atoms with Gasteiger partial charge in [-0.15, -0.1) is 0 Å². The lowest BCUT2D eigenvalue weighted by atomic mass is 9.64. The first-order chi connectivity index (χ1) is 9.50. The molecule has 1 fully saturated rings. The topological polar surface area (TPSA) is 29.1 Å². The molecule has 0 saturated heterocycles. The molecule has 1 aliphatic carbocycles. The maximum absolute atomic E-state index is 12.5. The second-order valence-electron chi connectivity index (χ2n) is 6.86. The van der Waals surface area contributed by atoms with Gasteiger partial charge < -0.3 is 5.32 Å². The highest BCUT2D eigenvalue weighted by atomic mass is 16.1. The van der Waals surface area contributed by atoms with Crippen LogP contribution in [0, 0.1) is 17.3 Å². The van der Waals surface area contributed by atoms with Crippen molar-refractivity contribution < 1.29 is 4.79 Å². The van der Waals surface area contributed by atoms with Crippen LogP contribution in [0.25, 0.3) is 0 Å². The Morgan fingerprint density at radius 3 is 2.65 bits per heavy atom. The van der Waals surface area contributed by atoms with Crippen molar-refractivity contribution >= 4 is 5.91 Å². The number of carbonyl (C=O) groups excluding carboxylic acids is 1. The van der Waals surface area contributed by atoms with Gasteiger partial charge in [0.1, 0.15) is 0 Å². The molecule has 110 valence electrons. The molecule has 2 unspecified atom stereocenters. The number of carbonyl (C=O) groups is 1. The van der Waals surface area contributed by atoms with Crippen LogP contribution in [0.4, 0.5) is 0 Å². The van der Waals surface area contributed by atoms with Gasteiger partial charge in [0.25, 0.3) is 0 Å². The molecular formula is C18H27NO. The standard InChI is InChI=1S/C18H27NO/c1-14-8-7-12-18(2,3)16(14)17(20)19-13-11-15-9-5-4-6-10-15/h4-6,9-10,14,16H,7-8,11-13H2,1-3H3,(H,19,20). The minimum Gasteiger partial charge on any atom is -0.356 e. The second kappa shape index (κ2) is 6.43. The van der Waals surface area contributed by atoms with Gasteiger partial charge in [0.2, 0.25) is 5.91 Å². The molecule has 2 heteroatoms. The Morgan fingerprint density at radius 1 is 1.30 bits per heavy atom. The fourth-order valence-corrected chi connectivity index (χ4v) is 3.67. The summed E-state index contributed by atoms with van der Waals surface area (Å²) < 4.78 is 0. The van der Waals surface area contributed by atoms with Gasteiger partial charge in [-0.3, -0.25) is 4.79 Å². The molecule has 0 spiro atoms. The quantitative estimate of drug-likeness (QED) is 0.888. The molecule has 0 radical (unpaired) electrons. The van der Waals surface area contributed by atoms with Crippen molar-refractivity contribution in [2.75, 3.05) is 6.54 Å². The molecule has 2 atom stereocenters. The van der Waals surface area contributed by atoms with E-state index in [0.29, 0.717) is 5.92 Å². The molecule has 2 nitrogen and oxygen atoms in total. The first-order valence-electron chi connectivity index (χ1n) is 7.82. The van der Waals surface area contributed by atoms with Crippen molar-refractivity contribution in [3.63, 3.8) is 0 Å². The summed E-state index contributed by atoms with van der Waals surface area (Å²) in [4.78, 5) is 12.5. The lowest BCUT2D eigenvalue weighted by Gasteiger charge is -2.41. The fraction of sp³-hybridized carbons (Fsp3) is 0.611. The Hall–Kier alpha value is -1.31. The SMILES string of the molecule is CC1CCCC(C)(C)C1C(=O)NCCc1ccccc1. The first kappa shape index (κ1) is 15.1. The van der Waals surface area contributed by atoms with Crippen LogP contribution in [-0.4, -0.2) is 12.5 Å². The average Bonchev–Trinajstić information content (AvgIpc) is 2.38. The zero-order chi connectivity index (χ0) is 14.6. The highest BCUT2D eigenvalue weighted by Crippen LogP contribution is 2.43. The molecule has 1 aromatic carbocycles. The van der Waals surface area contributed by atoms with E-state index < -0.39 is 0 Å². The number of benzene rings is 1. The average molecular weight is 273 g/mol. The van der Waals surface area contributed by atoms with Crippen molar-refractivity contribution in [3.05, 3.63) is 35.9 Å². The van der Waals surface area contributed by atoms with E-state index in [4.69, 9.17) is 0 Å². The van der Waals surface area contributed by atoms with Crippen LogP contribution < -0.4 is 5.32 Å². The summed E-state index contributed by atoms with van der Waals surface area (Å²) in [7, 11) is 0. The molecule has 0 aromatic heterocycles. The van der Waals surface area contributed by atoms with Crippen molar-refractivity contribution in [3.8, 4) is 0 Å². The number of rotatable bonds is 4. The third-order valence-electron chi connectivity index (χ3n) is 4.73. The zero-order valence-electron chi connectivity index (χ0n) is 13.0. The van der Waals surface area contributed by atoms with Gasteiger partial charge in [0, 0.05) is 12.5 Å². The van der Waals surface area contributed by atoms with E-state index in [2.05, 4.69) is 38.2 Å². The van der Waals surface area contributed by atoms with Crippen molar-refractivity contribution in [1.29, 1.82) is 0 Å². The van der Waals surface area contributed by atoms with Gasteiger partial charge in [0.15, 0.2) is 0 Å². The number of hydrogen-bond donors (Lipinski definition) is 1. The number of nitrogens with one attached hydrogen (secondary N) is 1. The van der Waals surface area contributed by atoms with Crippen LogP contribution in [0.3, 0.4) is 0 Å². The van der Waals surface area contributed by atoms with Crippen LogP contribution >= 0.6 is 0 Å². The van der Waals surface area contributed by atoms with E-state index >= 15 is 0 Å². The van der Waals surface area contributed by atoms with E-state index in [1.807, 2.05) is 18.2 Å². The Morgan fingerprint density at radius 2 is 2.00 bits per heavy atom. The van der Waals surface area contributed by atoms with Gasteiger partial charge in [0.05, 0.1) is 0 Å². The number of amides is 1. The van der Waals surface area contributed by atoms with Gasteiger partial charge in [-0.05, 0) is 36.2 Å². The molecule has 1 aromatic rings. The maximum Gasteiger partial charge on any atom is 0.223 e. The molecule has 1 N–H and O–H groups in total. The smallest absolute Gasteiger partial charge is 0.223 e. The number of hydrogen-bond acceptors (Lipinski definition) is 1. The van der Waals surface area contributed by atoms with E-state index in [-0.39, 0.29) is 17.2 Å². The van der Waals surface area contributed by atoms with Crippen LogP contribution in [0.1, 0.15) is 45.6 Å². The summed E-state index contributed by atoms with van der Waals surface area (Å²) in [6.45, 7) is 7.44. The lowest BCUT2D eigenvalue weighted by Crippen LogP contribution is -2.45. The predicted octanol–water partition coefficient (Wildman–Crippen LogP) is 3.81. The van der Waals surface area contributed by atoms with Crippen LogP contribution in [-0.2, 0) is 11.2 Å². The summed E-state index contributed by atoms with van der Waals surface area (Å²) in [6, 6.07) is 10.3. The van der Waals surface area contributed by atoms with E-state index in [1.54, 1.807) is 0 Å². The Kier molecular flexibility index (Phi) is 4.85. The van der Waals surface area contributed by atoms with Crippen LogP contribution in [0.5, 0.6) is 0 Å². The molecular weight excluding hydrogens is 246 g/mol. The van der Waals surface area contributed by atoms with Crippen molar-refractivity contribution in [1.82, 2.24) is 5.32 Å². The Balaban J connectivity index is 1.87. The summed E-state index contributed by atoms with van der Waals surface area (Å²) in [5.41, 5.74) is 1.41. The first-order valence-corrected chi connectivity index (χ1v) is 7.82. The molecule has 1 aliphatic rings. The molecule has 1 saturated carbocycles. The van der Waals surface area contributed by atoms with Crippen LogP contribution in [0.2, 0.25) is 0 Å². The minimum absolute atomic E-state index is 0.133. The minimum atomic E-state index is 0.133. The molecule has 1 amide bonds. The van der Waals surface area contributed by atoms with E-state index in [0.717, 1.165) is 19.4 Å².